The van der Waals surface area contributed by atoms with Gasteiger partial charge in [0.05, 0.1) is 0 Å². The molecule has 3 rings (SSSR count). The Hall–Kier alpha value is -1.28. The molecule has 1 fully saturated rings. The van der Waals surface area contributed by atoms with Gasteiger partial charge in [-0.3, -0.25) is 0 Å². The van der Waals surface area contributed by atoms with Gasteiger partial charge >= 0.3 is 0 Å². The Bertz CT molecular complexity index is 595. The molecule has 0 saturated heterocycles. The van der Waals surface area contributed by atoms with Crippen molar-refractivity contribution in [3.63, 3.8) is 0 Å². The van der Waals surface area contributed by atoms with Crippen LogP contribution in [0.25, 0.3) is 11.0 Å². The number of hydrogen-bond donors (Lipinski definition) is 1. The summed E-state index contributed by atoms with van der Waals surface area (Å²) in [7, 11) is 0. The average molecular weight is 285 g/mol. The number of benzene rings is 1. The third-order valence-electron chi connectivity index (χ3n) is 5.05. The average Bonchev–Trinajstić information content (AvgIpc) is 3.21. The van der Waals surface area contributed by atoms with E-state index in [1.807, 2.05) is 0 Å². The predicted octanol–water partition coefficient (Wildman–Crippen LogP) is 5.06. The van der Waals surface area contributed by atoms with E-state index in [1.54, 1.807) is 0 Å². The summed E-state index contributed by atoms with van der Waals surface area (Å²) in [5, 5.41) is 4.98. The zero-order valence-corrected chi connectivity index (χ0v) is 13.4. The van der Waals surface area contributed by atoms with Crippen molar-refractivity contribution < 1.29 is 4.42 Å². The first-order valence-electron chi connectivity index (χ1n) is 8.48. The molecule has 0 radical (unpaired) electrons. The Labute approximate surface area is 127 Å². The van der Waals surface area contributed by atoms with Gasteiger partial charge in [0.15, 0.2) is 0 Å². The lowest BCUT2D eigenvalue weighted by molar-refractivity contribution is 0.440. The van der Waals surface area contributed by atoms with Crippen molar-refractivity contribution in [1.82, 2.24) is 5.32 Å². The van der Waals surface area contributed by atoms with Crippen molar-refractivity contribution in [2.75, 3.05) is 6.54 Å². The number of aryl methyl sites for hydroxylation is 1. The highest BCUT2D eigenvalue weighted by atomic mass is 16.3. The fraction of sp³-hybridized carbons (Fsp3) is 0.579. The van der Waals surface area contributed by atoms with E-state index in [2.05, 4.69) is 43.4 Å². The van der Waals surface area contributed by atoms with Crippen molar-refractivity contribution in [2.45, 2.75) is 58.9 Å². The maximum Gasteiger partial charge on any atom is 0.134 e. The number of hydrogen-bond acceptors (Lipinski definition) is 2. The molecule has 2 heteroatoms. The van der Waals surface area contributed by atoms with E-state index < -0.39 is 0 Å². The van der Waals surface area contributed by atoms with Crippen LogP contribution in [0.3, 0.4) is 0 Å². The van der Waals surface area contributed by atoms with Crippen LogP contribution in [0.15, 0.2) is 28.7 Å². The Morgan fingerprint density at radius 2 is 2.00 bits per heavy atom. The summed E-state index contributed by atoms with van der Waals surface area (Å²) in [5.74, 6) is 1.19. The van der Waals surface area contributed by atoms with E-state index in [-0.39, 0.29) is 0 Å². The SMILES string of the molecule is CCCCc1oc2ccccc2c1CNCC1(CC)CC1. The number of fused-ring (bicyclic) bond motifs is 1. The first-order chi connectivity index (χ1) is 10.3. The Morgan fingerprint density at radius 3 is 2.71 bits per heavy atom. The van der Waals surface area contributed by atoms with Crippen molar-refractivity contribution in [3.8, 4) is 0 Å². The highest BCUT2D eigenvalue weighted by molar-refractivity contribution is 5.82. The summed E-state index contributed by atoms with van der Waals surface area (Å²) in [6, 6.07) is 8.45. The van der Waals surface area contributed by atoms with Gasteiger partial charge in [0.25, 0.3) is 0 Å². The van der Waals surface area contributed by atoms with Gasteiger partial charge in [-0.25, -0.2) is 0 Å². The maximum atomic E-state index is 6.09. The molecule has 0 amide bonds. The second-order valence-electron chi connectivity index (χ2n) is 6.56. The molecule has 2 aromatic rings. The van der Waals surface area contributed by atoms with Gasteiger partial charge in [0.2, 0.25) is 0 Å². The summed E-state index contributed by atoms with van der Waals surface area (Å²) < 4.78 is 6.09. The van der Waals surface area contributed by atoms with Crippen LogP contribution in [0.5, 0.6) is 0 Å². The van der Waals surface area contributed by atoms with Crippen LogP contribution < -0.4 is 5.32 Å². The summed E-state index contributed by atoms with van der Waals surface area (Å²) >= 11 is 0. The normalized spacial score (nSPS) is 16.5. The standard InChI is InChI=1S/C19H27NO/c1-3-5-9-18-16(13-20-14-19(4-2)11-12-19)15-8-6-7-10-17(15)21-18/h6-8,10,20H,3-5,9,11-14H2,1-2H3. The number of furan rings is 1. The number of rotatable bonds is 8. The topological polar surface area (TPSA) is 25.2 Å². The largest absolute Gasteiger partial charge is 0.461 e. The molecule has 0 spiro atoms. The third kappa shape index (κ3) is 3.16. The highest BCUT2D eigenvalue weighted by Crippen LogP contribution is 2.47. The molecule has 114 valence electrons. The summed E-state index contributed by atoms with van der Waals surface area (Å²) in [4.78, 5) is 0. The van der Waals surface area contributed by atoms with Gasteiger partial charge in [-0.05, 0) is 37.2 Å². The van der Waals surface area contributed by atoms with Gasteiger partial charge in [-0.2, -0.15) is 0 Å². The van der Waals surface area contributed by atoms with E-state index in [4.69, 9.17) is 4.42 Å². The zero-order valence-electron chi connectivity index (χ0n) is 13.4. The van der Waals surface area contributed by atoms with Crippen LogP contribution in [-0.4, -0.2) is 6.54 Å². The van der Waals surface area contributed by atoms with Crippen LogP contribution >= 0.6 is 0 Å². The van der Waals surface area contributed by atoms with Gasteiger partial charge < -0.3 is 9.73 Å². The second kappa shape index (κ2) is 6.23. The maximum absolute atomic E-state index is 6.09. The minimum absolute atomic E-state index is 0.600. The highest BCUT2D eigenvalue weighted by Gasteiger charge is 2.39. The van der Waals surface area contributed by atoms with Crippen molar-refractivity contribution in [3.05, 3.63) is 35.6 Å². The molecule has 1 saturated carbocycles. The molecule has 0 atom stereocenters. The molecule has 1 heterocycles. The molecule has 2 nitrogen and oxygen atoms in total. The molecular weight excluding hydrogens is 258 g/mol. The van der Waals surface area contributed by atoms with Crippen LogP contribution in [0.4, 0.5) is 0 Å². The van der Waals surface area contributed by atoms with Crippen molar-refractivity contribution in [1.29, 1.82) is 0 Å². The van der Waals surface area contributed by atoms with E-state index in [0.717, 1.165) is 25.1 Å². The van der Waals surface area contributed by atoms with Crippen LogP contribution in [0.1, 0.15) is 57.3 Å². The Morgan fingerprint density at radius 1 is 1.19 bits per heavy atom. The third-order valence-corrected chi connectivity index (χ3v) is 5.05. The van der Waals surface area contributed by atoms with Crippen LogP contribution in [-0.2, 0) is 13.0 Å². The van der Waals surface area contributed by atoms with Gasteiger partial charge in [-0.15, -0.1) is 0 Å². The monoisotopic (exact) mass is 285 g/mol. The van der Waals surface area contributed by atoms with Gasteiger partial charge in [0, 0.05) is 30.5 Å². The van der Waals surface area contributed by atoms with Crippen molar-refractivity contribution in [2.24, 2.45) is 5.41 Å². The molecule has 1 aromatic carbocycles. The Balaban J connectivity index is 1.74. The quantitative estimate of drug-likeness (QED) is 0.733. The smallest absolute Gasteiger partial charge is 0.134 e. The fourth-order valence-corrected chi connectivity index (χ4v) is 3.17. The van der Waals surface area contributed by atoms with Gasteiger partial charge in [0.1, 0.15) is 11.3 Å². The summed E-state index contributed by atoms with van der Waals surface area (Å²) in [5.41, 5.74) is 3.02. The lowest BCUT2D eigenvalue weighted by Crippen LogP contribution is -2.23. The Kier molecular flexibility index (Phi) is 4.34. The fourth-order valence-electron chi connectivity index (χ4n) is 3.17. The first kappa shape index (κ1) is 14.6. The first-order valence-corrected chi connectivity index (χ1v) is 8.48. The van der Waals surface area contributed by atoms with Crippen LogP contribution in [0, 0.1) is 5.41 Å². The van der Waals surface area contributed by atoms with E-state index in [9.17, 15) is 0 Å². The molecule has 1 aliphatic rings. The molecule has 1 aliphatic carbocycles. The molecule has 0 unspecified atom stereocenters. The molecule has 1 N–H and O–H groups in total. The van der Waals surface area contributed by atoms with Crippen molar-refractivity contribution >= 4 is 11.0 Å². The minimum atomic E-state index is 0.600. The van der Waals surface area contributed by atoms with E-state index in [0.29, 0.717) is 5.41 Å². The van der Waals surface area contributed by atoms with E-state index >= 15 is 0 Å². The summed E-state index contributed by atoms with van der Waals surface area (Å²) in [6.45, 7) is 6.64. The molecular formula is C19H27NO. The predicted molar refractivity (Wildman–Crippen MR) is 88.5 cm³/mol. The molecule has 0 bridgehead atoms. The lowest BCUT2D eigenvalue weighted by atomic mass is 10.0. The van der Waals surface area contributed by atoms with Gasteiger partial charge in [-0.1, -0.05) is 38.5 Å². The lowest BCUT2D eigenvalue weighted by Gasteiger charge is -2.13. The number of para-hydroxylation sites is 1. The summed E-state index contributed by atoms with van der Waals surface area (Å²) in [6.07, 6.45) is 7.56. The molecule has 21 heavy (non-hydrogen) atoms. The van der Waals surface area contributed by atoms with Crippen LogP contribution in [0.2, 0.25) is 0 Å². The van der Waals surface area contributed by atoms with E-state index in [1.165, 1.54) is 48.8 Å². The number of nitrogens with one attached hydrogen (secondary N) is 1. The zero-order chi connectivity index (χ0) is 14.7. The number of unbranched alkanes of at least 4 members (excludes halogenated alkanes) is 1. The second-order valence-corrected chi connectivity index (χ2v) is 6.56. The minimum Gasteiger partial charge on any atom is -0.461 e. The molecule has 0 aliphatic heterocycles. The molecule has 1 aromatic heterocycles.